The molecule has 108 valence electrons. The van der Waals surface area contributed by atoms with E-state index in [-0.39, 0.29) is 11.8 Å². The molecule has 1 saturated carbocycles. The summed E-state index contributed by atoms with van der Waals surface area (Å²) in [6, 6.07) is 0. The van der Waals surface area contributed by atoms with Gasteiger partial charge in [-0.2, -0.15) is 0 Å². The highest BCUT2D eigenvalue weighted by Crippen LogP contribution is 2.59. The molecule has 2 rings (SSSR count). The number of methoxy groups -OCH3 is 1. The van der Waals surface area contributed by atoms with Crippen molar-refractivity contribution < 1.29 is 19.4 Å². The molecule has 5 nitrogen and oxygen atoms in total. The zero-order valence-electron chi connectivity index (χ0n) is 11.9. The van der Waals surface area contributed by atoms with Crippen molar-refractivity contribution >= 4 is 11.9 Å². The standard InChI is InChI=1S/C14H23NO4/c1-14(2)10(11(14)13(17)18)12(16)15-6-4-9(5-7-15)8-19-3/h9-11H,4-8H2,1-3H3,(H,17,18)/t10-,11+/m1/s1. The zero-order chi connectivity index (χ0) is 14.2. The van der Waals surface area contributed by atoms with Crippen molar-refractivity contribution in [1.29, 1.82) is 0 Å². The molecule has 1 aliphatic heterocycles. The Kier molecular flexibility index (Phi) is 3.85. The molecule has 0 spiro atoms. The fourth-order valence-corrected chi connectivity index (χ4v) is 3.31. The van der Waals surface area contributed by atoms with Crippen LogP contribution in [0.25, 0.3) is 0 Å². The molecule has 0 aromatic carbocycles. The van der Waals surface area contributed by atoms with Crippen LogP contribution in [0.5, 0.6) is 0 Å². The number of carboxylic acids is 1. The topological polar surface area (TPSA) is 66.8 Å². The van der Waals surface area contributed by atoms with Gasteiger partial charge in [0.15, 0.2) is 0 Å². The fraction of sp³-hybridized carbons (Fsp3) is 0.857. The van der Waals surface area contributed by atoms with E-state index in [0.29, 0.717) is 5.92 Å². The Hall–Kier alpha value is -1.10. The number of piperidine rings is 1. The SMILES string of the molecule is COCC1CCN(C(=O)[C@H]2[C@@H](C(=O)O)C2(C)C)CC1. The van der Waals surface area contributed by atoms with E-state index < -0.39 is 17.3 Å². The van der Waals surface area contributed by atoms with Crippen LogP contribution in [0.2, 0.25) is 0 Å². The van der Waals surface area contributed by atoms with E-state index in [9.17, 15) is 9.59 Å². The molecule has 1 amide bonds. The highest BCUT2D eigenvalue weighted by molar-refractivity contribution is 5.91. The fourth-order valence-electron chi connectivity index (χ4n) is 3.31. The van der Waals surface area contributed by atoms with Gasteiger partial charge in [0.2, 0.25) is 5.91 Å². The van der Waals surface area contributed by atoms with E-state index in [1.807, 2.05) is 18.7 Å². The molecule has 2 atom stereocenters. The van der Waals surface area contributed by atoms with Crippen LogP contribution >= 0.6 is 0 Å². The van der Waals surface area contributed by atoms with Crippen molar-refractivity contribution in [2.45, 2.75) is 26.7 Å². The maximum Gasteiger partial charge on any atom is 0.307 e. The summed E-state index contributed by atoms with van der Waals surface area (Å²) >= 11 is 0. The minimum atomic E-state index is -0.849. The van der Waals surface area contributed by atoms with E-state index in [1.165, 1.54) is 0 Å². The third-order valence-corrected chi connectivity index (χ3v) is 4.69. The molecule has 0 bridgehead atoms. The molecule has 2 fully saturated rings. The monoisotopic (exact) mass is 269 g/mol. The van der Waals surface area contributed by atoms with E-state index in [0.717, 1.165) is 32.5 Å². The van der Waals surface area contributed by atoms with Gasteiger partial charge in [-0.25, -0.2) is 0 Å². The Labute approximate surface area is 113 Å². The molecule has 1 saturated heterocycles. The van der Waals surface area contributed by atoms with E-state index in [4.69, 9.17) is 9.84 Å². The van der Waals surface area contributed by atoms with E-state index in [2.05, 4.69) is 0 Å². The molecule has 0 aromatic heterocycles. The predicted octanol–water partition coefficient (Wildman–Crippen LogP) is 1.23. The van der Waals surface area contributed by atoms with E-state index >= 15 is 0 Å². The Morgan fingerprint density at radius 1 is 1.26 bits per heavy atom. The number of carbonyl (C=O) groups is 2. The molecule has 1 heterocycles. The van der Waals surface area contributed by atoms with Gasteiger partial charge >= 0.3 is 5.97 Å². The van der Waals surface area contributed by atoms with Crippen LogP contribution in [-0.2, 0) is 14.3 Å². The number of ether oxygens (including phenoxy) is 1. The highest BCUT2D eigenvalue weighted by atomic mass is 16.5. The summed E-state index contributed by atoms with van der Waals surface area (Å²) in [5, 5.41) is 9.13. The van der Waals surface area contributed by atoms with Crippen molar-refractivity contribution in [3.05, 3.63) is 0 Å². The maximum absolute atomic E-state index is 12.4. The summed E-state index contributed by atoms with van der Waals surface area (Å²) in [6.45, 7) is 5.93. The second kappa shape index (κ2) is 5.12. The molecule has 2 aliphatic rings. The normalized spacial score (nSPS) is 30.2. The van der Waals surface area contributed by atoms with Gasteiger partial charge in [0.25, 0.3) is 0 Å². The van der Waals surface area contributed by atoms with Crippen LogP contribution in [0.4, 0.5) is 0 Å². The van der Waals surface area contributed by atoms with Crippen molar-refractivity contribution in [3.8, 4) is 0 Å². The number of hydrogen-bond acceptors (Lipinski definition) is 3. The van der Waals surface area contributed by atoms with Crippen LogP contribution in [-0.4, -0.2) is 48.7 Å². The van der Waals surface area contributed by atoms with Gasteiger partial charge in [-0.05, 0) is 24.2 Å². The molecule has 5 heteroatoms. The number of nitrogens with zero attached hydrogens (tertiary/aromatic N) is 1. The molecule has 0 aromatic rings. The van der Waals surface area contributed by atoms with Crippen LogP contribution in [0.15, 0.2) is 0 Å². The third kappa shape index (κ3) is 2.61. The summed E-state index contributed by atoms with van der Waals surface area (Å²) in [4.78, 5) is 25.3. The summed E-state index contributed by atoms with van der Waals surface area (Å²) in [6.07, 6.45) is 1.90. The van der Waals surface area contributed by atoms with Crippen LogP contribution in [0, 0.1) is 23.2 Å². The lowest BCUT2D eigenvalue weighted by atomic mass is 9.97. The number of carbonyl (C=O) groups excluding carboxylic acids is 1. The Balaban J connectivity index is 1.91. The number of amides is 1. The number of rotatable bonds is 4. The van der Waals surface area contributed by atoms with Crippen molar-refractivity contribution in [3.63, 3.8) is 0 Å². The first-order valence-corrected chi connectivity index (χ1v) is 6.90. The molecule has 19 heavy (non-hydrogen) atoms. The van der Waals surface area contributed by atoms with Crippen LogP contribution in [0.1, 0.15) is 26.7 Å². The Morgan fingerprint density at radius 3 is 2.26 bits per heavy atom. The maximum atomic E-state index is 12.4. The van der Waals surface area contributed by atoms with Gasteiger partial charge < -0.3 is 14.7 Å². The average Bonchev–Trinajstić information content (AvgIpc) is 2.93. The molecule has 0 radical (unpaired) electrons. The largest absolute Gasteiger partial charge is 0.481 e. The average molecular weight is 269 g/mol. The van der Waals surface area contributed by atoms with Gasteiger partial charge in [-0.15, -0.1) is 0 Å². The highest BCUT2D eigenvalue weighted by Gasteiger charge is 2.66. The Bertz CT molecular complexity index is 372. The molecule has 0 unspecified atom stereocenters. The number of likely N-dealkylation sites (tertiary alicyclic amines) is 1. The summed E-state index contributed by atoms with van der Waals surface area (Å²) in [5.41, 5.74) is -0.397. The Morgan fingerprint density at radius 2 is 1.84 bits per heavy atom. The first kappa shape index (κ1) is 14.3. The second-order valence-corrected chi connectivity index (χ2v) is 6.34. The second-order valence-electron chi connectivity index (χ2n) is 6.34. The summed E-state index contributed by atoms with van der Waals surface area (Å²) in [5.74, 6) is -1.16. The quantitative estimate of drug-likeness (QED) is 0.833. The van der Waals surface area contributed by atoms with Crippen molar-refractivity contribution in [1.82, 2.24) is 4.90 Å². The number of aliphatic carboxylic acids is 1. The lowest BCUT2D eigenvalue weighted by Crippen LogP contribution is -2.41. The molecule has 1 N–H and O–H groups in total. The first-order valence-electron chi connectivity index (χ1n) is 6.90. The number of carboxylic acid groups (broad SMARTS) is 1. The van der Waals surface area contributed by atoms with Gasteiger partial charge in [0, 0.05) is 26.8 Å². The van der Waals surface area contributed by atoms with Crippen LogP contribution < -0.4 is 0 Å². The predicted molar refractivity (Wildman–Crippen MR) is 69.6 cm³/mol. The van der Waals surface area contributed by atoms with Gasteiger partial charge in [-0.3, -0.25) is 9.59 Å². The summed E-state index contributed by atoms with van der Waals surface area (Å²) in [7, 11) is 1.70. The minimum Gasteiger partial charge on any atom is -0.481 e. The lowest BCUT2D eigenvalue weighted by Gasteiger charge is -2.32. The molecule has 1 aliphatic carbocycles. The number of hydrogen-bond donors (Lipinski definition) is 1. The minimum absolute atomic E-state index is 0.0215. The zero-order valence-corrected chi connectivity index (χ0v) is 11.9. The smallest absolute Gasteiger partial charge is 0.307 e. The lowest BCUT2D eigenvalue weighted by molar-refractivity contribution is -0.142. The third-order valence-electron chi connectivity index (χ3n) is 4.69. The van der Waals surface area contributed by atoms with Gasteiger partial charge in [-0.1, -0.05) is 13.8 Å². The summed E-state index contributed by atoms with van der Waals surface area (Å²) < 4.78 is 5.14. The van der Waals surface area contributed by atoms with Crippen molar-refractivity contribution in [2.24, 2.45) is 23.2 Å². The van der Waals surface area contributed by atoms with E-state index in [1.54, 1.807) is 7.11 Å². The molecular formula is C14H23NO4. The van der Waals surface area contributed by atoms with Crippen LogP contribution in [0.3, 0.4) is 0 Å². The van der Waals surface area contributed by atoms with Crippen molar-refractivity contribution in [2.75, 3.05) is 26.8 Å². The first-order chi connectivity index (χ1) is 8.89. The van der Waals surface area contributed by atoms with Gasteiger partial charge in [0.1, 0.15) is 0 Å². The molecular weight excluding hydrogens is 246 g/mol. The van der Waals surface area contributed by atoms with Gasteiger partial charge in [0.05, 0.1) is 11.8 Å².